The van der Waals surface area contributed by atoms with E-state index in [9.17, 15) is 9.65 Å². The summed E-state index contributed by atoms with van der Waals surface area (Å²) in [6.07, 6.45) is 4.91. The predicted octanol–water partition coefficient (Wildman–Crippen LogP) is 4.97. The van der Waals surface area contributed by atoms with Crippen molar-refractivity contribution in [3.63, 3.8) is 0 Å². The number of nitriles is 1. The molecule has 4 aromatic rings. The number of pyridine rings is 1. The number of rotatable bonds is 5. The van der Waals surface area contributed by atoms with Gasteiger partial charge in [0.25, 0.3) is 0 Å². The fourth-order valence-electron chi connectivity index (χ4n) is 4.04. The van der Waals surface area contributed by atoms with Gasteiger partial charge < -0.3 is 24.8 Å². The molecule has 1 aliphatic heterocycles. The molecule has 34 heavy (non-hydrogen) atoms. The van der Waals surface area contributed by atoms with Crippen LogP contribution in [0.3, 0.4) is 0 Å². The van der Waals surface area contributed by atoms with E-state index in [1.165, 1.54) is 18.3 Å². The normalized spacial score (nSPS) is 13.6. The number of aromatic nitrogens is 3. The lowest BCUT2D eigenvalue weighted by atomic mass is 10.1. The number of aromatic amines is 1. The van der Waals surface area contributed by atoms with Crippen LogP contribution in [0.2, 0.25) is 5.02 Å². The van der Waals surface area contributed by atoms with E-state index in [1.54, 1.807) is 18.6 Å². The third-order valence-electron chi connectivity index (χ3n) is 5.83. The van der Waals surface area contributed by atoms with Crippen LogP contribution in [-0.4, -0.2) is 48.3 Å². The number of hydrogen-bond donors (Lipinski definition) is 2. The third-order valence-corrected chi connectivity index (χ3v) is 6.12. The van der Waals surface area contributed by atoms with Crippen LogP contribution < -0.4 is 15.1 Å². The minimum absolute atomic E-state index is 0.00357. The SMILES string of the molecule is CN(c1cnc[nH]1)c1cc2c(Nc3ccc(F)c(Cl)c3)c(C#N)cnc2cc1N1CCOCC1. The van der Waals surface area contributed by atoms with Crippen molar-refractivity contribution in [3.8, 4) is 6.07 Å². The molecule has 2 aromatic carbocycles. The first-order valence-electron chi connectivity index (χ1n) is 10.7. The average Bonchev–Trinajstić information content (AvgIpc) is 3.41. The van der Waals surface area contributed by atoms with E-state index in [0.29, 0.717) is 30.2 Å². The van der Waals surface area contributed by atoms with Crippen LogP contribution in [0, 0.1) is 17.1 Å². The Morgan fingerprint density at radius 2 is 2.06 bits per heavy atom. The molecule has 1 saturated heterocycles. The molecule has 1 aliphatic rings. The van der Waals surface area contributed by atoms with Gasteiger partial charge in [-0.05, 0) is 30.3 Å². The van der Waals surface area contributed by atoms with Crippen molar-refractivity contribution >= 4 is 51.1 Å². The van der Waals surface area contributed by atoms with E-state index < -0.39 is 5.82 Å². The summed E-state index contributed by atoms with van der Waals surface area (Å²) in [6, 6.07) is 10.6. The largest absolute Gasteiger partial charge is 0.378 e. The molecule has 0 amide bonds. The Kier molecular flexibility index (Phi) is 5.92. The maximum Gasteiger partial charge on any atom is 0.141 e. The Morgan fingerprint density at radius 1 is 1.24 bits per heavy atom. The van der Waals surface area contributed by atoms with Crippen LogP contribution >= 0.6 is 11.6 Å². The van der Waals surface area contributed by atoms with Crippen LogP contribution in [0.15, 0.2) is 49.1 Å². The van der Waals surface area contributed by atoms with E-state index in [1.807, 2.05) is 24.1 Å². The minimum atomic E-state index is -0.508. The van der Waals surface area contributed by atoms with Gasteiger partial charge in [-0.15, -0.1) is 0 Å². The van der Waals surface area contributed by atoms with Crippen molar-refractivity contribution < 1.29 is 9.13 Å². The highest BCUT2D eigenvalue weighted by molar-refractivity contribution is 6.31. The van der Waals surface area contributed by atoms with Gasteiger partial charge in [-0.3, -0.25) is 4.98 Å². The molecule has 2 N–H and O–H groups in total. The van der Waals surface area contributed by atoms with Crippen molar-refractivity contribution in [1.29, 1.82) is 5.26 Å². The van der Waals surface area contributed by atoms with Gasteiger partial charge in [0.1, 0.15) is 17.7 Å². The molecule has 10 heteroatoms. The summed E-state index contributed by atoms with van der Waals surface area (Å²) >= 11 is 5.98. The zero-order valence-electron chi connectivity index (χ0n) is 18.3. The summed E-state index contributed by atoms with van der Waals surface area (Å²) in [7, 11) is 1.95. The summed E-state index contributed by atoms with van der Waals surface area (Å²) in [4.78, 5) is 16.1. The maximum atomic E-state index is 13.7. The molecule has 0 spiro atoms. The third kappa shape index (κ3) is 4.09. The molecule has 1 fully saturated rings. The van der Waals surface area contributed by atoms with Gasteiger partial charge in [-0.1, -0.05) is 11.6 Å². The number of hydrogen-bond acceptors (Lipinski definition) is 7. The molecule has 0 bridgehead atoms. The van der Waals surface area contributed by atoms with E-state index in [4.69, 9.17) is 16.3 Å². The van der Waals surface area contributed by atoms with Crippen LogP contribution in [0.5, 0.6) is 0 Å². The molecule has 5 rings (SSSR count). The number of morpholine rings is 1. The van der Waals surface area contributed by atoms with Crippen LogP contribution in [-0.2, 0) is 4.74 Å². The van der Waals surface area contributed by atoms with Gasteiger partial charge >= 0.3 is 0 Å². The van der Waals surface area contributed by atoms with Crippen LogP contribution in [0.4, 0.5) is 33.0 Å². The summed E-state index contributed by atoms with van der Waals surface area (Å²) in [6.45, 7) is 2.80. The second-order valence-corrected chi connectivity index (χ2v) is 8.27. The van der Waals surface area contributed by atoms with Crippen molar-refractivity contribution in [3.05, 3.63) is 65.5 Å². The highest BCUT2D eigenvalue weighted by Crippen LogP contribution is 2.40. The molecular formula is C24H21ClFN7O. The van der Waals surface area contributed by atoms with Gasteiger partial charge in [0.05, 0.1) is 58.9 Å². The number of halogens is 2. The summed E-state index contributed by atoms with van der Waals surface area (Å²) in [5, 5.41) is 13.8. The number of benzene rings is 2. The van der Waals surface area contributed by atoms with E-state index >= 15 is 0 Å². The number of ether oxygens (including phenoxy) is 1. The Morgan fingerprint density at radius 3 is 2.76 bits per heavy atom. The molecule has 0 saturated carbocycles. The maximum absolute atomic E-state index is 13.7. The predicted molar refractivity (Wildman–Crippen MR) is 131 cm³/mol. The van der Waals surface area contributed by atoms with Crippen molar-refractivity contribution in [2.45, 2.75) is 0 Å². The molecule has 0 atom stereocenters. The van der Waals surface area contributed by atoms with E-state index in [2.05, 4.69) is 31.2 Å². The number of anilines is 5. The molecule has 0 unspecified atom stereocenters. The first-order chi connectivity index (χ1) is 16.5. The lowest BCUT2D eigenvalue weighted by Gasteiger charge is -2.33. The van der Waals surface area contributed by atoms with Gasteiger partial charge in [0.15, 0.2) is 0 Å². The topological polar surface area (TPSA) is 93.1 Å². The average molecular weight is 478 g/mol. The summed E-state index contributed by atoms with van der Waals surface area (Å²) < 4.78 is 19.2. The molecule has 2 aromatic heterocycles. The van der Waals surface area contributed by atoms with Gasteiger partial charge in [-0.25, -0.2) is 9.37 Å². The second kappa shape index (κ2) is 9.17. The second-order valence-electron chi connectivity index (χ2n) is 7.87. The lowest BCUT2D eigenvalue weighted by molar-refractivity contribution is 0.123. The number of imidazole rings is 1. The van der Waals surface area contributed by atoms with Crippen LogP contribution in [0.25, 0.3) is 10.9 Å². The first-order valence-corrected chi connectivity index (χ1v) is 11.1. The van der Waals surface area contributed by atoms with E-state index in [0.717, 1.165) is 41.2 Å². The molecule has 0 aliphatic carbocycles. The Labute approximate surface area is 200 Å². The first kappa shape index (κ1) is 21.9. The fraction of sp³-hybridized carbons (Fsp3) is 0.208. The number of H-pyrrole nitrogens is 1. The van der Waals surface area contributed by atoms with E-state index in [-0.39, 0.29) is 5.02 Å². The molecule has 172 valence electrons. The standard InChI is InChI=1S/C24H21ClFN7O/c1-32(23-13-28-14-30-23)21-9-17-20(10-22(21)33-4-6-34-7-5-33)29-12-15(11-27)24(17)31-16-2-3-19(26)18(25)8-16/h2-3,8-10,12-14H,4-7H2,1H3,(H,28,30)(H,29,31). The Balaban J connectivity index is 1.69. The van der Waals surface area contributed by atoms with Crippen molar-refractivity contribution in [1.82, 2.24) is 15.0 Å². The zero-order valence-corrected chi connectivity index (χ0v) is 19.1. The number of fused-ring (bicyclic) bond motifs is 1. The molecule has 8 nitrogen and oxygen atoms in total. The monoisotopic (exact) mass is 477 g/mol. The molecular weight excluding hydrogens is 457 g/mol. The summed E-state index contributed by atoms with van der Waals surface area (Å²) in [5.41, 5.74) is 4.14. The van der Waals surface area contributed by atoms with Crippen molar-refractivity contribution in [2.75, 3.05) is 48.5 Å². The molecule has 0 radical (unpaired) electrons. The Hall–Kier alpha value is -3.87. The fourth-order valence-corrected chi connectivity index (χ4v) is 4.22. The number of nitrogens with zero attached hydrogens (tertiary/aromatic N) is 5. The zero-order chi connectivity index (χ0) is 23.7. The van der Waals surface area contributed by atoms with Crippen LogP contribution in [0.1, 0.15) is 5.56 Å². The molecule has 3 heterocycles. The van der Waals surface area contributed by atoms with Gasteiger partial charge in [0, 0.05) is 37.4 Å². The van der Waals surface area contributed by atoms with Gasteiger partial charge in [-0.2, -0.15) is 5.26 Å². The highest BCUT2D eigenvalue weighted by atomic mass is 35.5. The van der Waals surface area contributed by atoms with Crippen molar-refractivity contribution in [2.24, 2.45) is 0 Å². The highest BCUT2D eigenvalue weighted by Gasteiger charge is 2.21. The quantitative estimate of drug-likeness (QED) is 0.419. The Bertz CT molecular complexity index is 1380. The van der Waals surface area contributed by atoms with Gasteiger partial charge in [0.2, 0.25) is 0 Å². The number of nitrogens with one attached hydrogen (secondary N) is 2. The smallest absolute Gasteiger partial charge is 0.141 e. The summed E-state index contributed by atoms with van der Waals surface area (Å²) in [5.74, 6) is 0.309. The minimum Gasteiger partial charge on any atom is -0.378 e. The lowest BCUT2D eigenvalue weighted by Crippen LogP contribution is -2.37.